The predicted octanol–water partition coefficient (Wildman–Crippen LogP) is 5.08. The summed E-state index contributed by atoms with van der Waals surface area (Å²) < 4.78 is 50.8. The maximum Gasteiger partial charge on any atom is 0.416 e. The number of thioether (sulfide) groups is 1. The molecule has 43 heavy (non-hydrogen) atoms. The van der Waals surface area contributed by atoms with Crippen molar-refractivity contribution in [1.82, 2.24) is 4.98 Å². The van der Waals surface area contributed by atoms with Gasteiger partial charge in [-0.1, -0.05) is 29.5 Å². The Labute approximate surface area is 251 Å². The number of nitrogens with one attached hydrogen (secondary N) is 1. The molecule has 7 atom stereocenters. The Morgan fingerprint density at radius 3 is 2.47 bits per heavy atom. The number of imide groups is 1. The molecule has 13 heteroatoms. The number of ether oxygens (including phenoxy) is 2. The number of esters is 1. The van der Waals surface area contributed by atoms with Gasteiger partial charge in [0.05, 0.1) is 34.7 Å². The Bertz CT molecular complexity index is 1690. The molecular formula is C30H25F3N2O6S2. The molecule has 2 amide bonds. The summed E-state index contributed by atoms with van der Waals surface area (Å²) in [5, 5.41) is 0.687. The molecule has 0 radical (unpaired) electrons. The van der Waals surface area contributed by atoms with Gasteiger partial charge >= 0.3 is 17.0 Å². The number of hydrogen-bond donors (Lipinski definition) is 1. The van der Waals surface area contributed by atoms with Crippen LogP contribution in [0.4, 0.5) is 18.9 Å². The molecule has 0 spiro atoms. The maximum atomic E-state index is 13.8. The lowest BCUT2D eigenvalue weighted by Gasteiger charge is -2.43. The smallest absolute Gasteiger partial charge is 0.416 e. The molecule has 224 valence electrons. The summed E-state index contributed by atoms with van der Waals surface area (Å²) >= 11 is 2.66. The van der Waals surface area contributed by atoms with E-state index in [9.17, 15) is 32.3 Å². The van der Waals surface area contributed by atoms with Gasteiger partial charge in [0, 0.05) is 16.0 Å². The molecule has 1 aromatic heterocycles. The average molecular weight is 631 g/mol. The number of rotatable bonds is 6. The van der Waals surface area contributed by atoms with Crippen LogP contribution >= 0.6 is 23.1 Å². The van der Waals surface area contributed by atoms with E-state index < -0.39 is 41.4 Å². The second-order valence-electron chi connectivity index (χ2n) is 11.2. The van der Waals surface area contributed by atoms with Gasteiger partial charge in [-0.2, -0.15) is 13.2 Å². The Hall–Kier alpha value is -3.58. The van der Waals surface area contributed by atoms with Gasteiger partial charge in [-0.05, 0) is 67.0 Å². The standard InChI is InChI=1S/C30H25F3N2O6S2/c1-2-40-19(36)12-41-16-8-6-13(7-9-16)20-21-17-11-18(24(21)42-26-25(20)43-29(39)34-26)23-22(17)27(37)35(28(23)38)15-5-3-4-14(10-15)30(31,32)33/h3-10,17-18,20-24H,2,11-12H2,1H3,(H,34,39)/t17?,18?,20-,21?,22?,23?,24?/m1/s1. The van der Waals surface area contributed by atoms with E-state index in [1.54, 1.807) is 19.1 Å². The van der Waals surface area contributed by atoms with Gasteiger partial charge in [0.15, 0.2) is 6.61 Å². The minimum absolute atomic E-state index is 0.0624. The molecule has 1 saturated heterocycles. The van der Waals surface area contributed by atoms with Crippen molar-refractivity contribution < 1.29 is 37.0 Å². The van der Waals surface area contributed by atoms with E-state index in [2.05, 4.69) is 4.98 Å². The largest absolute Gasteiger partial charge is 0.482 e. The van der Waals surface area contributed by atoms with Crippen LogP contribution in [0.25, 0.3) is 0 Å². The molecule has 4 aliphatic rings. The third kappa shape index (κ3) is 4.50. The average Bonchev–Trinajstić information content (AvgIpc) is 3.71. The molecule has 2 bridgehead atoms. The number of aromatic amines is 1. The third-order valence-corrected chi connectivity index (χ3v) is 11.6. The van der Waals surface area contributed by atoms with E-state index >= 15 is 0 Å². The van der Waals surface area contributed by atoms with Gasteiger partial charge < -0.3 is 14.5 Å². The van der Waals surface area contributed by atoms with Crippen LogP contribution in [-0.2, 0) is 25.3 Å². The number of fused-ring (bicyclic) bond motifs is 9. The van der Waals surface area contributed by atoms with Crippen LogP contribution in [0.5, 0.6) is 5.75 Å². The van der Waals surface area contributed by atoms with Crippen molar-refractivity contribution in [3.05, 3.63) is 74.2 Å². The summed E-state index contributed by atoms with van der Waals surface area (Å²) in [6, 6.07) is 11.6. The summed E-state index contributed by atoms with van der Waals surface area (Å²) in [5.74, 6) is -2.82. The third-order valence-electron chi connectivity index (χ3n) is 9.06. The van der Waals surface area contributed by atoms with Gasteiger partial charge in [-0.25, -0.2) is 4.79 Å². The number of aromatic nitrogens is 1. The van der Waals surface area contributed by atoms with E-state index in [1.807, 2.05) is 12.1 Å². The molecule has 3 aromatic rings. The van der Waals surface area contributed by atoms with Crippen LogP contribution in [0.1, 0.15) is 35.3 Å². The van der Waals surface area contributed by atoms with Crippen LogP contribution in [0.2, 0.25) is 0 Å². The molecule has 1 N–H and O–H groups in total. The molecular weight excluding hydrogens is 605 g/mol. The zero-order chi connectivity index (χ0) is 30.2. The highest BCUT2D eigenvalue weighted by Gasteiger charge is 2.69. The van der Waals surface area contributed by atoms with Gasteiger partial charge in [0.1, 0.15) is 5.75 Å². The van der Waals surface area contributed by atoms with Crippen molar-refractivity contribution in [3.8, 4) is 5.75 Å². The number of amides is 2. The summed E-state index contributed by atoms with van der Waals surface area (Å²) in [4.78, 5) is 56.3. The summed E-state index contributed by atoms with van der Waals surface area (Å²) in [6.45, 7) is 1.73. The van der Waals surface area contributed by atoms with Crippen molar-refractivity contribution in [3.63, 3.8) is 0 Å². The number of nitrogens with zero attached hydrogens (tertiary/aromatic N) is 1. The van der Waals surface area contributed by atoms with Crippen molar-refractivity contribution in [1.29, 1.82) is 0 Å². The summed E-state index contributed by atoms with van der Waals surface area (Å²) in [5.41, 5.74) is -0.0727. The van der Waals surface area contributed by atoms with Crippen LogP contribution < -0.4 is 14.5 Å². The van der Waals surface area contributed by atoms with Gasteiger partial charge in [0.2, 0.25) is 11.8 Å². The highest BCUT2D eigenvalue weighted by molar-refractivity contribution is 8.00. The molecule has 2 saturated carbocycles. The number of hydrogen-bond acceptors (Lipinski definition) is 8. The molecule has 2 aliphatic heterocycles. The first-order valence-electron chi connectivity index (χ1n) is 13.9. The fraction of sp³-hybridized carbons (Fsp3) is 0.400. The molecule has 2 aliphatic carbocycles. The summed E-state index contributed by atoms with van der Waals surface area (Å²) in [6.07, 6.45) is -3.95. The lowest BCUT2D eigenvalue weighted by Crippen LogP contribution is -2.42. The Balaban J connectivity index is 1.21. The van der Waals surface area contributed by atoms with Crippen molar-refractivity contribution >= 4 is 46.6 Å². The van der Waals surface area contributed by atoms with Crippen LogP contribution in [0.15, 0.2) is 58.4 Å². The second-order valence-corrected chi connectivity index (χ2v) is 13.4. The van der Waals surface area contributed by atoms with E-state index in [4.69, 9.17) is 9.47 Å². The van der Waals surface area contributed by atoms with Crippen LogP contribution in [0.3, 0.4) is 0 Å². The lowest BCUT2D eigenvalue weighted by molar-refractivity contribution is -0.145. The van der Waals surface area contributed by atoms with Crippen LogP contribution in [-0.4, -0.2) is 41.2 Å². The molecule has 3 heterocycles. The first-order valence-corrected chi connectivity index (χ1v) is 15.6. The van der Waals surface area contributed by atoms with Crippen molar-refractivity contribution in [2.45, 2.75) is 35.7 Å². The van der Waals surface area contributed by atoms with Gasteiger partial charge in [-0.15, -0.1) is 11.8 Å². The number of carbonyl (C=O) groups excluding carboxylic acids is 3. The first-order chi connectivity index (χ1) is 20.6. The molecule has 8 nitrogen and oxygen atoms in total. The lowest BCUT2D eigenvalue weighted by atomic mass is 9.68. The quantitative estimate of drug-likeness (QED) is 0.299. The topological polar surface area (TPSA) is 106 Å². The maximum absolute atomic E-state index is 13.8. The van der Waals surface area contributed by atoms with Gasteiger partial charge in [-0.3, -0.25) is 19.3 Å². The number of anilines is 1. The number of thiazole rings is 1. The Morgan fingerprint density at radius 2 is 1.77 bits per heavy atom. The van der Waals surface area contributed by atoms with E-state index in [1.165, 1.54) is 23.9 Å². The molecule has 2 aromatic carbocycles. The second kappa shape index (κ2) is 10.3. The monoisotopic (exact) mass is 630 g/mol. The fourth-order valence-electron chi connectivity index (χ4n) is 7.58. The molecule has 6 unspecified atom stereocenters. The Morgan fingerprint density at radius 1 is 1.05 bits per heavy atom. The minimum atomic E-state index is -4.61. The van der Waals surface area contributed by atoms with Gasteiger partial charge in [0.25, 0.3) is 0 Å². The SMILES string of the molecule is CCOC(=O)COc1ccc([C@H]2c3sc(=O)[nH]c3SC3C4CC(C5C(=O)N(c6cccc(C(F)(F)F)c6)C(=O)C45)C32)cc1. The number of benzene rings is 2. The number of alkyl halides is 3. The van der Waals surface area contributed by atoms with Crippen LogP contribution in [0, 0.1) is 29.6 Å². The molecule has 3 fully saturated rings. The molecule has 7 rings (SSSR count). The Kier molecular flexibility index (Phi) is 6.73. The zero-order valence-electron chi connectivity index (χ0n) is 22.6. The number of carbonyl (C=O) groups is 3. The number of halogens is 3. The van der Waals surface area contributed by atoms with E-state index in [0.29, 0.717) is 12.2 Å². The highest BCUT2D eigenvalue weighted by atomic mass is 32.2. The van der Waals surface area contributed by atoms with Crippen molar-refractivity contribution in [2.75, 3.05) is 18.1 Å². The van der Waals surface area contributed by atoms with E-state index in [-0.39, 0.29) is 52.7 Å². The summed E-state index contributed by atoms with van der Waals surface area (Å²) in [7, 11) is 0. The first kappa shape index (κ1) is 28.2. The highest BCUT2D eigenvalue weighted by Crippen LogP contribution is 2.68. The zero-order valence-corrected chi connectivity index (χ0v) is 24.3. The minimum Gasteiger partial charge on any atom is -0.482 e. The fourth-order valence-corrected chi connectivity index (χ4v) is 10.5. The van der Waals surface area contributed by atoms with E-state index in [0.717, 1.165) is 43.8 Å². The predicted molar refractivity (Wildman–Crippen MR) is 151 cm³/mol. The van der Waals surface area contributed by atoms with Crippen molar-refractivity contribution in [2.24, 2.45) is 29.6 Å². The normalized spacial score (nSPS) is 28.9. The number of H-pyrrole nitrogens is 1.